The summed E-state index contributed by atoms with van der Waals surface area (Å²) >= 11 is 0. The fraction of sp³-hybridized carbons (Fsp3) is 0.842. The van der Waals surface area contributed by atoms with E-state index in [9.17, 15) is 14.9 Å². The average Bonchev–Trinajstić information content (AvgIpc) is 3.12. The minimum atomic E-state index is -0.777. The molecule has 0 aromatic rings. The highest BCUT2D eigenvalue weighted by Crippen LogP contribution is 2.39. The van der Waals surface area contributed by atoms with Crippen LogP contribution in [0.4, 0.5) is 0 Å². The molecule has 1 aliphatic carbocycles. The fourth-order valence-electron chi connectivity index (χ4n) is 4.51. The van der Waals surface area contributed by atoms with Gasteiger partial charge in [0.1, 0.15) is 5.41 Å². The molecule has 2 amide bonds. The fourth-order valence-corrected chi connectivity index (χ4v) is 4.51. The Morgan fingerprint density at radius 1 is 1.04 bits per heavy atom. The van der Waals surface area contributed by atoms with E-state index in [2.05, 4.69) is 17.9 Å². The maximum absolute atomic E-state index is 12.8. The van der Waals surface area contributed by atoms with Gasteiger partial charge in [0.15, 0.2) is 0 Å². The molecule has 1 atom stereocenters. The average molecular weight is 346 g/mol. The van der Waals surface area contributed by atoms with Gasteiger partial charge < -0.3 is 9.80 Å². The summed E-state index contributed by atoms with van der Waals surface area (Å²) in [6.45, 7) is 6.17. The maximum Gasteiger partial charge on any atom is 0.243 e. The number of amides is 2. The van der Waals surface area contributed by atoms with Crippen LogP contribution in [0.15, 0.2) is 0 Å². The lowest BCUT2D eigenvalue weighted by molar-refractivity contribution is -0.141. The van der Waals surface area contributed by atoms with Gasteiger partial charge in [0.05, 0.1) is 12.6 Å². The van der Waals surface area contributed by atoms with Gasteiger partial charge in [-0.25, -0.2) is 0 Å². The topological polar surface area (TPSA) is 67.7 Å². The number of carbonyl (C=O) groups is 2. The van der Waals surface area contributed by atoms with E-state index in [1.807, 2.05) is 9.80 Å². The summed E-state index contributed by atoms with van der Waals surface area (Å²) in [6, 6.07) is 2.65. The molecule has 2 heterocycles. The molecule has 0 radical (unpaired) electrons. The van der Waals surface area contributed by atoms with Crippen molar-refractivity contribution in [3.05, 3.63) is 0 Å². The Balaban J connectivity index is 1.49. The molecule has 25 heavy (non-hydrogen) atoms. The van der Waals surface area contributed by atoms with Gasteiger partial charge in [-0.05, 0) is 39.0 Å². The molecule has 6 heteroatoms. The van der Waals surface area contributed by atoms with Crippen LogP contribution in [0.2, 0.25) is 0 Å². The molecular weight excluding hydrogens is 316 g/mol. The van der Waals surface area contributed by atoms with Crippen LogP contribution < -0.4 is 0 Å². The van der Waals surface area contributed by atoms with Crippen molar-refractivity contribution in [3.63, 3.8) is 0 Å². The molecule has 1 saturated carbocycles. The van der Waals surface area contributed by atoms with Crippen molar-refractivity contribution < 1.29 is 9.59 Å². The normalized spacial score (nSPS) is 27.1. The van der Waals surface area contributed by atoms with Crippen molar-refractivity contribution in [2.75, 3.05) is 39.3 Å². The lowest BCUT2D eigenvalue weighted by Crippen LogP contribution is -2.55. The number of piperidine rings is 1. The Labute approximate surface area is 150 Å². The molecule has 0 N–H and O–H groups in total. The van der Waals surface area contributed by atoms with Crippen LogP contribution in [0.3, 0.4) is 0 Å². The second-order valence-electron chi connectivity index (χ2n) is 7.90. The summed E-state index contributed by atoms with van der Waals surface area (Å²) in [7, 11) is 0. The zero-order valence-corrected chi connectivity index (χ0v) is 15.4. The van der Waals surface area contributed by atoms with Crippen LogP contribution in [-0.2, 0) is 9.59 Å². The molecule has 3 aliphatic rings. The Kier molecular flexibility index (Phi) is 5.63. The Hall–Kier alpha value is -1.61. The summed E-state index contributed by atoms with van der Waals surface area (Å²) in [5.74, 6) is 0.236. The first-order valence-corrected chi connectivity index (χ1v) is 9.78. The van der Waals surface area contributed by atoms with Crippen LogP contribution in [0.5, 0.6) is 0 Å². The number of carbonyl (C=O) groups excluding carboxylic acids is 2. The minimum Gasteiger partial charge on any atom is -0.339 e. The zero-order valence-electron chi connectivity index (χ0n) is 15.4. The molecule has 2 aliphatic heterocycles. The largest absolute Gasteiger partial charge is 0.339 e. The molecule has 6 nitrogen and oxygen atoms in total. The first kappa shape index (κ1) is 18.2. The number of piperazine rings is 1. The Morgan fingerprint density at radius 3 is 2.32 bits per heavy atom. The van der Waals surface area contributed by atoms with E-state index in [0.29, 0.717) is 38.5 Å². The molecule has 0 aromatic carbocycles. The smallest absolute Gasteiger partial charge is 0.243 e. The summed E-state index contributed by atoms with van der Waals surface area (Å²) in [5, 5.41) is 9.50. The lowest BCUT2D eigenvalue weighted by atomic mass is 9.86. The van der Waals surface area contributed by atoms with Gasteiger partial charge >= 0.3 is 0 Å². The van der Waals surface area contributed by atoms with Crippen LogP contribution in [0.25, 0.3) is 0 Å². The molecule has 0 spiro atoms. The van der Waals surface area contributed by atoms with Crippen LogP contribution >= 0.6 is 0 Å². The van der Waals surface area contributed by atoms with Gasteiger partial charge in [0.25, 0.3) is 0 Å². The van der Waals surface area contributed by atoms with Crippen molar-refractivity contribution >= 4 is 11.8 Å². The predicted molar refractivity (Wildman–Crippen MR) is 94.6 cm³/mol. The summed E-state index contributed by atoms with van der Waals surface area (Å²) in [5.41, 5.74) is -0.777. The Morgan fingerprint density at radius 2 is 1.72 bits per heavy atom. The number of nitrogens with zero attached hydrogens (tertiary/aromatic N) is 4. The van der Waals surface area contributed by atoms with Crippen LogP contribution in [0, 0.1) is 16.7 Å². The van der Waals surface area contributed by atoms with Crippen molar-refractivity contribution in [3.8, 4) is 6.07 Å². The monoisotopic (exact) mass is 346 g/mol. The molecule has 0 aromatic heterocycles. The van der Waals surface area contributed by atoms with Gasteiger partial charge in [-0.1, -0.05) is 12.8 Å². The van der Waals surface area contributed by atoms with Crippen molar-refractivity contribution in [2.24, 2.45) is 5.41 Å². The lowest BCUT2D eigenvalue weighted by Gasteiger charge is -2.39. The van der Waals surface area contributed by atoms with Crippen molar-refractivity contribution in [1.82, 2.24) is 14.7 Å². The van der Waals surface area contributed by atoms with Gasteiger partial charge in [-0.15, -0.1) is 0 Å². The van der Waals surface area contributed by atoms with E-state index < -0.39 is 5.41 Å². The highest BCUT2D eigenvalue weighted by atomic mass is 16.2. The van der Waals surface area contributed by atoms with Gasteiger partial charge in [0, 0.05) is 38.8 Å². The summed E-state index contributed by atoms with van der Waals surface area (Å²) in [6.07, 6.45) is 6.77. The van der Waals surface area contributed by atoms with E-state index >= 15 is 0 Å². The third-order valence-electron chi connectivity index (χ3n) is 6.22. The van der Waals surface area contributed by atoms with E-state index in [1.54, 1.807) is 0 Å². The molecule has 3 fully saturated rings. The Bertz CT molecular complexity index is 542. The number of nitriles is 1. The number of likely N-dealkylation sites (tertiary alicyclic amines) is 1. The summed E-state index contributed by atoms with van der Waals surface area (Å²) < 4.78 is 0. The van der Waals surface area contributed by atoms with Crippen molar-refractivity contribution in [2.45, 2.75) is 57.9 Å². The van der Waals surface area contributed by atoms with Crippen LogP contribution in [-0.4, -0.2) is 71.8 Å². The SMILES string of the molecule is CC1CCCCN1C(=O)CN1CCN(C(=O)C2(C#N)CCCC2)CC1. The standard InChI is InChI=1S/C19H30N4O2/c1-16-6-2-5-9-23(16)17(24)14-21-10-12-22(13-11-21)18(25)19(15-20)7-3-4-8-19/h16H,2-14H2,1H3. The molecule has 3 rings (SSSR count). The highest BCUT2D eigenvalue weighted by molar-refractivity contribution is 5.86. The summed E-state index contributed by atoms with van der Waals surface area (Å²) in [4.78, 5) is 31.4. The maximum atomic E-state index is 12.8. The highest BCUT2D eigenvalue weighted by Gasteiger charge is 2.44. The number of hydrogen-bond donors (Lipinski definition) is 0. The van der Waals surface area contributed by atoms with Gasteiger partial charge in [0.2, 0.25) is 11.8 Å². The van der Waals surface area contributed by atoms with Gasteiger partial charge in [-0.2, -0.15) is 5.26 Å². The molecule has 138 valence electrons. The number of rotatable bonds is 3. The second-order valence-corrected chi connectivity index (χ2v) is 7.90. The quantitative estimate of drug-likeness (QED) is 0.779. The van der Waals surface area contributed by atoms with E-state index in [-0.39, 0.29) is 11.8 Å². The van der Waals surface area contributed by atoms with Gasteiger partial charge in [-0.3, -0.25) is 14.5 Å². The molecular formula is C19H30N4O2. The second kappa shape index (κ2) is 7.74. The minimum absolute atomic E-state index is 0.0168. The predicted octanol–water partition coefficient (Wildman–Crippen LogP) is 1.62. The zero-order chi connectivity index (χ0) is 17.9. The van der Waals surface area contributed by atoms with E-state index in [0.717, 1.165) is 45.3 Å². The van der Waals surface area contributed by atoms with E-state index in [4.69, 9.17) is 0 Å². The first-order chi connectivity index (χ1) is 12.1. The number of hydrogen-bond acceptors (Lipinski definition) is 4. The van der Waals surface area contributed by atoms with Crippen molar-refractivity contribution in [1.29, 1.82) is 5.26 Å². The third-order valence-corrected chi connectivity index (χ3v) is 6.22. The molecule has 1 unspecified atom stereocenters. The first-order valence-electron chi connectivity index (χ1n) is 9.78. The molecule has 2 saturated heterocycles. The van der Waals surface area contributed by atoms with E-state index in [1.165, 1.54) is 6.42 Å². The molecule has 0 bridgehead atoms. The van der Waals surface area contributed by atoms with Crippen LogP contribution in [0.1, 0.15) is 51.9 Å². The third kappa shape index (κ3) is 3.82.